The van der Waals surface area contributed by atoms with Gasteiger partial charge in [0.05, 0.1) is 12.7 Å². The number of hydrogen-bond donors (Lipinski definition) is 0. The highest BCUT2D eigenvalue weighted by Gasteiger charge is 2.23. The normalized spacial score (nSPS) is 12.4. The lowest BCUT2D eigenvalue weighted by atomic mass is 10.00. The highest BCUT2D eigenvalue weighted by molar-refractivity contribution is 6.84. The van der Waals surface area contributed by atoms with E-state index in [1.54, 1.807) is 0 Å². The van der Waals surface area contributed by atoms with E-state index in [0.717, 1.165) is 22.3 Å². The molecule has 190 valence electrons. The van der Waals surface area contributed by atoms with E-state index >= 15 is 0 Å². The molecule has 0 N–H and O–H groups in total. The second kappa shape index (κ2) is 13.3. The molecule has 1 unspecified atom stereocenters. The molecule has 0 aromatic heterocycles. The number of hydrogen-bond acceptors (Lipinski definition) is 2. The van der Waals surface area contributed by atoms with E-state index in [4.69, 9.17) is 9.16 Å². The van der Waals surface area contributed by atoms with E-state index in [9.17, 15) is 0 Å². The van der Waals surface area contributed by atoms with E-state index in [1.807, 2.05) is 18.2 Å². The summed E-state index contributed by atoms with van der Waals surface area (Å²) in [6.07, 6.45) is 0.616. The third kappa shape index (κ3) is 12.1. The van der Waals surface area contributed by atoms with Crippen LogP contribution in [0.3, 0.4) is 0 Å². The fourth-order valence-electron chi connectivity index (χ4n) is 3.36. The number of rotatable bonds is 7. The zero-order chi connectivity index (χ0) is 26.8. The Morgan fingerprint density at radius 3 is 1.89 bits per heavy atom. The number of ether oxygens (including phenoxy) is 1. The summed E-state index contributed by atoms with van der Waals surface area (Å²) in [4.78, 5) is 0. The van der Waals surface area contributed by atoms with Gasteiger partial charge >= 0.3 is 0 Å². The van der Waals surface area contributed by atoms with Crippen LogP contribution in [-0.4, -0.2) is 31.1 Å². The monoisotopic (exact) mass is 530 g/mol. The lowest BCUT2D eigenvalue weighted by Crippen LogP contribution is -2.28. The molecule has 5 heteroatoms. The topological polar surface area (TPSA) is 18.5 Å². The zero-order valence-electron chi connectivity index (χ0n) is 23.6. The molecule has 0 aliphatic heterocycles. The predicted molar refractivity (Wildman–Crippen MR) is 163 cm³/mol. The standard InChI is InChI=1S/C31H42O2Si3/c1-34(2,3)24-14-20-31(33-36(7,8)9)30-19-13-12-17-28(30)22-21-27-16-10-11-18-29(27)26-32-23-15-25-35(4,5)6/h10-13,16-19,31H,20,23,26H2,1-9H3. The summed E-state index contributed by atoms with van der Waals surface area (Å²) in [5.74, 6) is 13.4. The maximum Gasteiger partial charge on any atom is 0.184 e. The van der Waals surface area contributed by atoms with Crippen LogP contribution in [-0.2, 0) is 15.8 Å². The van der Waals surface area contributed by atoms with Gasteiger partial charge in [-0.15, -0.1) is 17.0 Å². The first kappa shape index (κ1) is 29.9. The quantitative estimate of drug-likeness (QED) is 0.208. The van der Waals surface area contributed by atoms with Crippen LogP contribution >= 0.6 is 0 Å². The summed E-state index contributed by atoms with van der Waals surface area (Å²) in [6, 6.07) is 16.5. The molecule has 2 aromatic carbocycles. The minimum atomic E-state index is -1.78. The van der Waals surface area contributed by atoms with Crippen LogP contribution in [0.2, 0.25) is 58.9 Å². The van der Waals surface area contributed by atoms with Crippen LogP contribution in [0.15, 0.2) is 48.5 Å². The van der Waals surface area contributed by atoms with Gasteiger partial charge in [-0.05, 0) is 42.9 Å². The SMILES string of the molecule is C[Si](C)(C)C#CCOCc1ccccc1C#Cc1ccccc1C(CC#C[Si](C)(C)C)O[Si](C)(C)C. The number of benzene rings is 2. The van der Waals surface area contributed by atoms with Crippen LogP contribution < -0.4 is 0 Å². The van der Waals surface area contributed by atoms with Crippen molar-refractivity contribution in [1.29, 1.82) is 0 Å². The maximum absolute atomic E-state index is 6.61. The second-order valence-corrected chi connectivity index (χ2v) is 26.0. The van der Waals surface area contributed by atoms with Gasteiger partial charge in [-0.1, -0.05) is 93.4 Å². The van der Waals surface area contributed by atoms with Gasteiger partial charge in [-0.25, -0.2) is 0 Å². The molecule has 2 aromatic rings. The Kier molecular flexibility index (Phi) is 11.1. The molecule has 0 saturated carbocycles. The van der Waals surface area contributed by atoms with Crippen molar-refractivity contribution in [1.82, 2.24) is 0 Å². The zero-order valence-corrected chi connectivity index (χ0v) is 26.6. The molecule has 0 aliphatic rings. The Balaban J connectivity index is 2.30. The summed E-state index contributed by atoms with van der Waals surface area (Å²) in [7, 11) is -4.60. The first-order valence-electron chi connectivity index (χ1n) is 12.7. The van der Waals surface area contributed by atoms with E-state index in [-0.39, 0.29) is 6.10 Å². The molecule has 0 aliphatic carbocycles. The van der Waals surface area contributed by atoms with Crippen LogP contribution in [0, 0.1) is 34.8 Å². The molecule has 0 radical (unpaired) electrons. The molecule has 0 spiro atoms. The van der Waals surface area contributed by atoms with Gasteiger partial charge in [0.1, 0.15) is 22.8 Å². The molecule has 0 saturated heterocycles. The summed E-state index contributed by atoms with van der Waals surface area (Å²) in [5, 5.41) is 0. The highest BCUT2D eigenvalue weighted by Crippen LogP contribution is 2.28. The molecule has 0 bridgehead atoms. The van der Waals surface area contributed by atoms with E-state index in [1.165, 1.54) is 0 Å². The minimum Gasteiger partial charge on any atom is -0.410 e. The molecule has 1 atom stereocenters. The fraction of sp³-hybridized carbons (Fsp3) is 0.419. The molecule has 2 nitrogen and oxygen atoms in total. The van der Waals surface area contributed by atoms with E-state index in [0.29, 0.717) is 19.6 Å². The first-order valence-corrected chi connectivity index (χ1v) is 23.1. The van der Waals surface area contributed by atoms with Gasteiger partial charge < -0.3 is 9.16 Å². The van der Waals surface area contributed by atoms with Crippen molar-refractivity contribution in [3.8, 4) is 34.8 Å². The lowest BCUT2D eigenvalue weighted by molar-refractivity contribution is 0.153. The fourth-order valence-corrected chi connectivity index (χ4v) is 5.66. The molecular weight excluding hydrogens is 489 g/mol. The molecule has 2 rings (SSSR count). The second-order valence-electron chi connectivity index (χ2n) is 12.0. The van der Waals surface area contributed by atoms with Gasteiger partial charge in [-0.2, -0.15) is 0 Å². The average molecular weight is 531 g/mol. The molecule has 0 amide bonds. The van der Waals surface area contributed by atoms with Crippen LogP contribution in [0.1, 0.15) is 34.8 Å². The smallest absolute Gasteiger partial charge is 0.184 e. The third-order valence-corrected chi connectivity index (χ3v) is 7.64. The Hall–Kier alpha value is -2.31. The highest BCUT2D eigenvalue weighted by atomic mass is 28.4. The van der Waals surface area contributed by atoms with Crippen molar-refractivity contribution < 1.29 is 9.16 Å². The third-order valence-electron chi connectivity index (χ3n) is 4.80. The summed E-state index contributed by atoms with van der Waals surface area (Å²) < 4.78 is 12.5. The average Bonchev–Trinajstić information content (AvgIpc) is 2.75. The molecule has 36 heavy (non-hydrogen) atoms. The predicted octanol–water partition coefficient (Wildman–Crippen LogP) is 7.65. The summed E-state index contributed by atoms with van der Waals surface area (Å²) in [6.45, 7) is 21.2. The van der Waals surface area contributed by atoms with Gasteiger partial charge in [0.2, 0.25) is 0 Å². The van der Waals surface area contributed by atoms with Crippen molar-refractivity contribution >= 4 is 24.5 Å². The van der Waals surface area contributed by atoms with Crippen molar-refractivity contribution in [2.75, 3.05) is 6.61 Å². The Morgan fingerprint density at radius 2 is 1.25 bits per heavy atom. The van der Waals surface area contributed by atoms with Crippen molar-refractivity contribution in [3.63, 3.8) is 0 Å². The van der Waals surface area contributed by atoms with Crippen LogP contribution in [0.25, 0.3) is 0 Å². The molecule has 0 fully saturated rings. The van der Waals surface area contributed by atoms with Crippen LogP contribution in [0.4, 0.5) is 0 Å². The Morgan fingerprint density at radius 1 is 0.694 bits per heavy atom. The van der Waals surface area contributed by atoms with Crippen molar-refractivity contribution in [2.24, 2.45) is 0 Å². The first-order chi connectivity index (χ1) is 16.7. The molecular formula is C31H42O2Si3. The van der Waals surface area contributed by atoms with E-state index in [2.05, 4.69) is 124 Å². The Bertz CT molecular complexity index is 1190. The van der Waals surface area contributed by atoms with E-state index < -0.39 is 24.5 Å². The largest absolute Gasteiger partial charge is 0.410 e. The van der Waals surface area contributed by atoms with Crippen molar-refractivity contribution in [2.45, 2.75) is 78.1 Å². The minimum absolute atomic E-state index is 0.0745. The molecule has 0 heterocycles. The van der Waals surface area contributed by atoms with Gasteiger partial charge in [0, 0.05) is 17.5 Å². The summed E-state index contributed by atoms with van der Waals surface area (Å²) in [5.41, 5.74) is 11.0. The summed E-state index contributed by atoms with van der Waals surface area (Å²) >= 11 is 0. The Labute approximate surface area is 223 Å². The lowest BCUT2D eigenvalue weighted by Gasteiger charge is -2.26. The van der Waals surface area contributed by atoms with Crippen LogP contribution in [0.5, 0.6) is 0 Å². The van der Waals surface area contributed by atoms with Crippen molar-refractivity contribution in [3.05, 3.63) is 70.8 Å². The van der Waals surface area contributed by atoms with Gasteiger partial charge in [0.15, 0.2) is 8.32 Å². The van der Waals surface area contributed by atoms with Gasteiger partial charge in [0.25, 0.3) is 0 Å². The van der Waals surface area contributed by atoms with Gasteiger partial charge in [-0.3, -0.25) is 0 Å². The maximum atomic E-state index is 6.61.